The summed E-state index contributed by atoms with van der Waals surface area (Å²) in [4.78, 5) is 11.1. The molecule has 76 valence electrons. The normalized spacial score (nSPS) is 20.5. The number of amides is 1. The third-order valence-electron chi connectivity index (χ3n) is 2.16. The average molecular weight is 206 g/mol. The Morgan fingerprint density at radius 2 is 2.08 bits per heavy atom. The summed E-state index contributed by atoms with van der Waals surface area (Å²) >= 11 is 0. The number of nitrogens with two attached hydrogens (primary N) is 1. The van der Waals surface area contributed by atoms with E-state index in [-0.39, 0.29) is 6.42 Å². The van der Waals surface area contributed by atoms with Crippen molar-refractivity contribution in [2.45, 2.75) is 31.2 Å². The van der Waals surface area contributed by atoms with Crippen LogP contribution in [0.15, 0.2) is 0 Å². The van der Waals surface area contributed by atoms with Crippen molar-refractivity contribution in [1.29, 1.82) is 0 Å². The Morgan fingerprint density at radius 1 is 1.54 bits per heavy atom. The number of hydrogen-bond acceptors (Lipinski definition) is 4. The monoisotopic (exact) mass is 206 g/mol. The van der Waals surface area contributed by atoms with Crippen LogP contribution in [-0.4, -0.2) is 26.1 Å². The number of rotatable bonds is 3. The molecule has 0 unspecified atom stereocenters. The summed E-state index contributed by atoms with van der Waals surface area (Å²) in [5, 5.41) is 0. The highest BCUT2D eigenvalue weighted by Crippen LogP contribution is 2.31. The fraction of sp³-hybridized carbons (Fsp3) is 0.857. The van der Waals surface area contributed by atoms with Crippen LogP contribution in [0, 0.1) is 0 Å². The van der Waals surface area contributed by atoms with Gasteiger partial charge < -0.3 is 5.73 Å². The molecule has 1 rings (SSSR count). The van der Waals surface area contributed by atoms with Crippen molar-refractivity contribution >= 4 is 15.9 Å². The van der Waals surface area contributed by atoms with Gasteiger partial charge in [0.1, 0.15) is 0 Å². The molecule has 0 spiro atoms. The van der Waals surface area contributed by atoms with Crippen LogP contribution in [0.4, 0.5) is 0 Å². The number of nitrogens with one attached hydrogen (secondary N) is 1. The molecule has 0 aliphatic heterocycles. The molecular formula is C7H14N2O3S. The Labute approximate surface area is 77.7 Å². The largest absolute Gasteiger partial charge is 0.325 e. The third kappa shape index (κ3) is 3.31. The van der Waals surface area contributed by atoms with E-state index in [9.17, 15) is 13.2 Å². The van der Waals surface area contributed by atoms with Crippen LogP contribution in [0.3, 0.4) is 0 Å². The van der Waals surface area contributed by atoms with Crippen LogP contribution < -0.4 is 10.5 Å². The second-order valence-electron chi connectivity index (χ2n) is 3.69. The predicted octanol–water partition coefficient (Wildman–Crippen LogP) is -0.666. The van der Waals surface area contributed by atoms with E-state index in [0.717, 1.165) is 25.5 Å². The van der Waals surface area contributed by atoms with Crippen molar-refractivity contribution in [3.05, 3.63) is 0 Å². The summed E-state index contributed by atoms with van der Waals surface area (Å²) in [6.45, 7) is 0. The van der Waals surface area contributed by atoms with E-state index in [1.165, 1.54) is 0 Å². The lowest BCUT2D eigenvalue weighted by Crippen LogP contribution is -2.50. The third-order valence-corrected chi connectivity index (χ3v) is 2.76. The number of sulfonamides is 1. The zero-order valence-corrected chi connectivity index (χ0v) is 8.36. The quantitative estimate of drug-likeness (QED) is 0.641. The summed E-state index contributed by atoms with van der Waals surface area (Å²) in [6, 6.07) is 0. The predicted molar refractivity (Wildman–Crippen MR) is 48.4 cm³/mol. The molecule has 0 bridgehead atoms. The van der Waals surface area contributed by atoms with E-state index in [1.807, 2.05) is 4.72 Å². The number of carbonyl (C=O) groups excluding carboxylic acids is 1. The molecule has 0 aromatic heterocycles. The summed E-state index contributed by atoms with van der Waals surface area (Å²) < 4.78 is 23.2. The Bertz CT molecular complexity index is 306. The van der Waals surface area contributed by atoms with Gasteiger partial charge in [0.05, 0.1) is 6.26 Å². The highest BCUT2D eigenvalue weighted by atomic mass is 32.2. The maximum absolute atomic E-state index is 11.1. The molecule has 5 nitrogen and oxygen atoms in total. The first-order valence-corrected chi connectivity index (χ1v) is 5.99. The van der Waals surface area contributed by atoms with Gasteiger partial charge in [-0.25, -0.2) is 8.42 Å². The second-order valence-corrected chi connectivity index (χ2v) is 5.44. The minimum atomic E-state index is -3.43. The SMILES string of the molecule is CS(=O)(=O)NC(=O)CC1(N)CCC1. The van der Waals surface area contributed by atoms with Gasteiger partial charge in [0.2, 0.25) is 15.9 Å². The summed E-state index contributed by atoms with van der Waals surface area (Å²) in [5.74, 6) is -0.510. The molecule has 0 aromatic rings. The molecule has 0 heterocycles. The fourth-order valence-electron chi connectivity index (χ4n) is 1.37. The Hall–Kier alpha value is -0.620. The topological polar surface area (TPSA) is 89.3 Å². The van der Waals surface area contributed by atoms with Gasteiger partial charge in [-0.1, -0.05) is 0 Å². The smallest absolute Gasteiger partial charge is 0.235 e. The summed E-state index contributed by atoms with van der Waals surface area (Å²) in [6.07, 6.45) is 3.66. The minimum absolute atomic E-state index is 0.0973. The van der Waals surface area contributed by atoms with Crippen molar-refractivity contribution < 1.29 is 13.2 Å². The van der Waals surface area contributed by atoms with Crippen molar-refractivity contribution in [3.63, 3.8) is 0 Å². The van der Waals surface area contributed by atoms with Crippen molar-refractivity contribution in [2.75, 3.05) is 6.26 Å². The van der Waals surface area contributed by atoms with Gasteiger partial charge in [0.25, 0.3) is 0 Å². The molecule has 0 saturated heterocycles. The van der Waals surface area contributed by atoms with Gasteiger partial charge in [0.15, 0.2) is 0 Å². The second kappa shape index (κ2) is 3.26. The highest BCUT2D eigenvalue weighted by molar-refractivity contribution is 7.89. The molecule has 1 fully saturated rings. The van der Waals surface area contributed by atoms with E-state index in [1.54, 1.807) is 0 Å². The molecule has 6 heteroatoms. The molecule has 1 aliphatic rings. The Balaban J connectivity index is 2.42. The van der Waals surface area contributed by atoms with Gasteiger partial charge >= 0.3 is 0 Å². The van der Waals surface area contributed by atoms with Gasteiger partial charge in [0, 0.05) is 12.0 Å². The molecule has 13 heavy (non-hydrogen) atoms. The lowest BCUT2D eigenvalue weighted by molar-refractivity contribution is -0.121. The molecule has 1 aliphatic carbocycles. The van der Waals surface area contributed by atoms with Crippen molar-refractivity contribution in [3.8, 4) is 0 Å². The minimum Gasteiger partial charge on any atom is -0.325 e. The standard InChI is InChI=1S/C7H14N2O3S/c1-13(11,12)9-6(10)5-7(8)3-2-4-7/h2-5,8H2,1H3,(H,9,10). The summed E-state index contributed by atoms with van der Waals surface area (Å²) in [7, 11) is -3.43. The summed E-state index contributed by atoms with van der Waals surface area (Å²) in [5.41, 5.74) is 5.30. The first-order chi connectivity index (χ1) is 5.81. The molecule has 1 saturated carbocycles. The lowest BCUT2D eigenvalue weighted by atomic mass is 9.75. The molecule has 0 atom stereocenters. The van der Waals surface area contributed by atoms with Crippen LogP contribution in [0.5, 0.6) is 0 Å². The highest BCUT2D eigenvalue weighted by Gasteiger charge is 2.35. The lowest BCUT2D eigenvalue weighted by Gasteiger charge is -2.37. The van der Waals surface area contributed by atoms with Gasteiger partial charge in [-0.2, -0.15) is 0 Å². The van der Waals surface area contributed by atoms with Crippen LogP contribution in [-0.2, 0) is 14.8 Å². The maximum Gasteiger partial charge on any atom is 0.235 e. The van der Waals surface area contributed by atoms with E-state index >= 15 is 0 Å². The molecule has 3 N–H and O–H groups in total. The molecular weight excluding hydrogens is 192 g/mol. The average Bonchev–Trinajstić information content (AvgIpc) is 1.79. The van der Waals surface area contributed by atoms with Gasteiger partial charge in [-0.05, 0) is 19.3 Å². The van der Waals surface area contributed by atoms with E-state index < -0.39 is 21.5 Å². The van der Waals surface area contributed by atoms with Crippen LogP contribution in [0.1, 0.15) is 25.7 Å². The van der Waals surface area contributed by atoms with Crippen LogP contribution in [0.2, 0.25) is 0 Å². The first kappa shape index (κ1) is 10.5. The van der Waals surface area contributed by atoms with Crippen LogP contribution in [0.25, 0.3) is 0 Å². The van der Waals surface area contributed by atoms with E-state index in [0.29, 0.717) is 0 Å². The van der Waals surface area contributed by atoms with E-state index in [2.05, 4.69) is 0 Å². The van der Waals surface area contributed by atoms with Crippen molar-refractivity contribution in [1.82, 2.24) is 4.72 Å². The Kier molecular flexibility index (Phi) is 2.63. The van der Waals surface area contributed by atoms with E-state index in [4.69, 9.17) is 5.73 Å². The maximum atomic E-state index is 11.1. The van der Waals surface area contributed by atoms with Gasteiger partial charge in [-0.15, -0.1) is 0 Å². The molecule has 1 amide bonds. The number of hydrogen-bond donors (Lipinski definition) is 2. The fourth-order valence-corrected chi connectivity index (χ4v) is 1.86. The first-order valence-electron chi connectivity index (χ1n) is 4.10. The van der Waals surface area contributed by atoms with Crippen molar-refractivity contribution in [2.24, 2.45) is 5.73 Å². The molecule has 0 radical (unpaired) electrons. The number of carbonyl (C=O) groups is 1. The van der Waals surface area contributed by atoms with Crippen LogP contribution >= 0.6 is 0 Å². The zero-order chi connectivity index (χ0) is 10.1. The Morgan fingerprint density at radius 3 is 2.38 bits per heavy atom. The zero-order valence-electron chi connectivity index (χ0n) is 7.54. The molecule has 0 aromatic carbocycles. The van der Waals surface area contributed by atoms with Gasteiger partial charge in [-0.3, -0.25) is 9.52 Å².